The molecule has 1 atom stereocenters. The number of H-pyrrole nitrogens is 1. The van der Waals surface area contributed by atoms with Gasteiger partial charge in [-0.15, -0.1) is 0 Å². The van der Waals surface area contributed by atoms with Gasteiger partial charge in [0, 0.05) is 18.3 Å². The van der Waals surface area contributed by atoms with Gasteiger partial charge in [0.15, 0.2) is 0 Å². The number of halogens is 1. The number of rotatable bonds is 2. The number of nitrogens with zero attached hydrogens (tertiary/aromatic N) is 1. The molecule has 0 aromatic carbocycles. The molecule has 2 rings (SSSR count). The molecule has 0 bridgehead atoms. The van der Waals surface area contributed by atoms with E-state index in [4.69, 9.17) is 0 Å². The largest absolute Gasteiger partial charge is 0.359 e. The average Bonchev–Trinajstić information content (AvgIpc) is 2.59. The first-order chi connectivity index (χ1) is 6.74. The lowest BCUT2D eigenvalue weighted by atomic mass is 10.0. The number of aromatic nitrogens is 2. The average molecular weight is 192 g/mol. The van der Waals surface area contributed by atoms with Gasteiger partial charge in [0.25, 0.3) is 0 Å². The van der Waals surface area contributed by atoms with Crippen molar-refractivity contribution in [1.29, 1.82) is 0 Å². The van der Waals surface area contributed by atoms with Crippen molar-refractivity contribution in [3.63, 3.8) is 0 Å². The van der Waals surface area contributed by atoms with E-state index in [2.05, 4.69) is 9.97 Å². The van der Waals surface area contributed by atoms with Gasteiger partial charge in [-0.25, -0.2) is 0 Å². The molecule has 0 amide bonds. The summed E-state index contributed by atoms with van der Waals surface area (Å²) in [5.41, 5.74) is 4.02. The Hall–Kier alpha value is -1.38. The number of aryl methyl sites for hydroxylation is 1. The molecule has 2 heterocycles. The van der Waals surface area contributed by atoms with Gasteiger partial charge >= 0.3 is 0 Å². The number of nitrogens with one attached hydrogen (secondary N) is 1. The summed E-state index contributed by atoms with van der Waals surface area (Å²) in [6.07, 6.45) is 3.65. The van der Waals surface area contributed by atoms with Crippen molar-refractivity contribution in [3.05, 3.63) is 29.6 Å². The highest BCUT2D eigenvalue weighted by molar-refractivity contribution is 5.82. The molecule has 0 aliphatic carbocycles. The molecular weight excluding hydrogens is 179 g/mol. The molecule has 0 saturated carbocycles. The van der Waals surface area contributed by atoms with Gasteiger partial charge < -0.3 is 4.98 Å². The molecule has 1 N–H and O–H groups in total. The first kappa shape index (κ1) is 9.19. The molecule has 74 valence electrons. The van der Waals surface area contributed by atoms with Gasteiger partial charge in [-0.05, 0) is 24.1 Å². The first-order valence-electron chi connectivity index (χ1n) is 4.72. The van der Waals surface area contributed by atoms with E-state index in [0.29, 0.717) is 0 Å². The van der Waals surface area contributed by atoms with Crippen LogP contribution in [0.5, 0.6) is 0 Å². The van der Waals surface area contributed by atoms with Gasteiger partial charge in [-0.3, -0.25) is 9.37 Å². The maximum Gasteiger partial charge on any atom is 0.0961 e. The van der Waals surface area contributed by atoms with Crippen molar-refractivity contribution >= 4 is 11.0 Å². The summed E-state index contributed by atoms with van der Waals surface area (Å²) in [5.74, 6) is -0.0708. The van der Waals surface area contributed by atoms with Gasteiger partial charge in [0.1, 0.15) is 0 Å². The van der Waals surface area contributed by atoms with Crippen LogP contribution in [0.3, 0.4) is 0 Å². The summed E-state index contributed by atoms with van der Waals surface area (Å²) in [6.45, 7) is 3.54. The van der Waals surface area contributed by atoms with Crippen LogP contribution in [0.25, 0.3) is 11.0 Å². The quantitative estimate of drug-likeness (QED) is 0.778. The number of alkyl halides is 1. The summed E-state index contributed by atoms with van der Waals surface area (Å²) in [7, 11) is 0. The van der Waals surface area contributed by atoms with Crippen LogP contribution in [0.15, 0.2) is 18.5 Å². The zero-order chi connectivity index (χ0) is 10.1. The third-order valence-electron chi connectivity index (χ3n) is 2.55. The van der Waals surface area contributed by atoms with Gasteiger partial charge in [0.2, 0.25) is 0 Å². The van der Waals surface area contributed by atoms with Gasteiger partial charge in [-0.1, -0.05) is 6.92 Å². The van der Waals surface area contributed by atoms with Crippen molar-refractivity contribution in [2.24, 2.45) is 0 Å². The van der Waals surface area contributed by atoms with E-state index in [9.17, 15) is 4.39 Å². The second kappa shape index (κ2) is 3.40. The van der Waals surface area contributed by atoms with Gasteiger partial charge in [-0.2, -0.15) is 0 Å². The van der Waals surface area contributed by atoms with Crippen LogP contribution < -0.4 is 0 Å². The van der Waals surface area contributed by atoms with E-state index in [0.717, 1.165) is 22.2 Å². The SMILES string of the molecule is Cc1c[nH]c2c([C@H](C)CF)ccnc12. The molecule has 0 radical (unpaired) electrons. The van der Waals surface area contributed by atoms with E-state index in [1.54, 1.807) is 6.20 Å². The molecule has 14 heavy (non-hydrogen) atoms. The van der Waals surface area contributed by atoms with Crippen LogP contribution in [0.4, 0.5) is 4.39 Å². The number of hydrogen-bond acceptors (Lipinski definition) is 1. The molecule has 2 aromatic rings. The second-order valence-electron chi connectivity index (χ2n) is 3.65. The Kier molecular flexibility index (Phi) is 2.23. The van der Waals surface area contributed by atoms with Gasteiger partial charge in [0.05, 0.1) is 17.7 Å². The van der Waals surface area contributed by atoms with E-state index in [1.165, 1.54) is 0 Å². The standard InChI is InChI=1S/C11H13FN2/c1-7(5-12)9-3-4-13-10-8(2)6-14-11(9)10/h3-4,6-7,14H,5H2,1-2H3/t7-/m1/s1. The monoisotopic (exact) mass is 192 g/mol. The Morgan fingerprint density at radius 3 is 3.07 bits per heavy atom. The lowest BCUT2D eigenvalue weighted by molar-refractivity contribution is 0.448. The molecule has 2 nitrogen and oxygen atoms in total. The molecule has 0 saturated heterocycles. The Morgan fingerprint density at radius 2 is 2.36 bits per heavy atom. The Labute approximate surface area is 82.2 Å². The Morgan fingerprint density at radius 1 is 1.57 bits per heavy atom. The zero-order valence-corrected chi connectivity index (χ0v) is 8.34. The minimum absolute atomic E-state index is 0.0708. The summed E-state index contributed by atoms with van der Waals surface area (Å²) in [5, 5.41) is 0. The molecule has 0 aliphatic heterocycles. The molecule has 3 heteroatoms. The molecule has 2 aromatic heterocycles. The van der Waals surface area contributed by atoms with E-state index in [1.807, 2.05) is 26.1 Å². The fourth-order valence-electron chi connectivity index (χ4n) is 1.67. The summed E-state index contributed by atoms with van der Waals surface area (Å²) in [4.78, 5) is 7.41. The maximum atomic E-state index is 12.6. The van der Waals surface area contributed by atoms with Crippen LogP contribution in [0.2, 0.25) is 0 Å². The predicted molar refractivity (Wildman–Crippen MR) is 55.2 cm³/mol. The second-order valence-corrected chi connectivity index (χ2v) is 3.65. The van der Waals surface area contributed by atoms with Crippen LogP contribution in [0.1, 0.15) is 24.0 Å². The van der Waals surface area contributed by atoms with Crippen LogP contribution in [-0.4, -0.2) is 16.6 Å². The summed E-state index contributed by atoms with van der Waals surface area (Å²) in [6, 6.07) is 1.88. The third kappa shape index (κ3) is 1.29. The number of hydrogen-bond donors (Lipinski definition) is 1. The molecule has 0 aliphatic rings. The fraction of sp³-hybridized carbons (Fsp3) is 0.364. The normalized spacial score (nSPS) is 13.4. The highest BCUT2D eigenvalue weighted by Crippen LogP contribution is 2.25. The summed E-state index contributed by atoms with van der Waals surface area (Å²) < 4.78 is 12.6. The smallest absolute Gasteiger partial charge is 0.0961 e. The summed E-state index contributed by atoms with van der Waals surface area (Å²) >= 11 is 0. The van der Waals surface area contributed by atoms with E-state index < -0.39 is 0 Å². The lowest BCUT2D eigenvalue weighted by Gasteiger charge is -2.07. The molecule has 0 fully saturated rings. The van der Waals surface area contributed by atoms with Crippen LogP contribution >= 0.6 is 0 Å². The van der Waals surface area contributed by atoms with E-state index >= 15 is 0 Å². The number of fused-ring (bicyclic) bond motifs is 1. The molecule has 0 unspecified atom stereocenters. The van der Waals surface area contributed by atoms with Crippen molar-refractivity contribution in [1.82, 2.24) is 9.97 Å². The number of aromatic amines is 1. The van der Waals surface area contributed by atoms with Crippen molar-refractivity contribution in [3.8, 4) is 0 Å². The minimum Gasteiger partial charge on any atom is -0.359 e. The van der Waals surface area contributed by atoms with E-state index in [-0.39, 0.29) is 12.6 Å². The highest BCUT2D eigenvalue weighted by Gasteiger charge is 2.11. The Balaban J connectivity index is 2.65. The lowest BCUT2D eigenvalue weighted by Crippen LogP contribution is -1.97. The third-order valence-corrected chi connectivity index (χ3v) is 2.55. The fourth-order valence-corrected chi connectivity index (χ4v) is 1.67. The van der Waals surface area contributed by atoms with Crippen molar-refractivity contribution in [2.45, 2.75) is 19.8 Å². The van der Waals surface area contributed by atoms with Crippen LogP contribution in [-0.2, 0) is 0 Å². The number of pyridine rings is 1. The predicted octanol–water partition coefficient (Wildman–Crippen LogP) is 2.94. The highest BCUT2D eigenvalue weighted by atomic mass is 19.1. The van der Waals surface area contributed by atoms with Crippen molar-refractivity contribution in [2.75, 3.05) is 6.67 Å². The minimum atomic E-state index is -0.336. The molecule has 0 spiro atoms. The first-order valence-corrected chi connectivity index (χ1v) is 4.72. The maximum absolute atomic E-state index is 12.6. The molecular formula is C11H13FN2. The Bertz CT molecular complexity index is 447. The topological polar surface area (TPSA) is 28.7 Å². The zero-order valence-electron chi connectivity index (χ0n) is 8.34. The van der Waals surface area contributed by atoms with Crippen molar-refractivity contribution < 1.29 is 4.39 Å². The van der Waals surface area contributed by atoms with Crippen LogP contribution in [0, 0.1) is 6.92 Å².